The molecule has 4 nitrogen and oxygen atoms in total. The fraction of sp³-hybridized carbons (Fsp3) is 0.143. The van der Waals surface area contributed by atoms with Crippen molar-refractivity contribution < 1.29 is 4.79 Å². The van der Waals surface area contributed by atoms with Crippen LogP contribution in [0.1, 0.15) is 0 Å². The third-order valence-corrected chi connectivity index (χ3v) is 2.11. The van der Waals surface area contributed by atoms with Crippen LogP contribution in [0.5, 0.6) is 0 Å². The van der Waals surface area contributed by atoms with E-state index >= 15 is 0 Å². The number of hydrogen-bond acceptors (Lipinski definition) is 4. The third kappa shape index (κ3) is 4.00. The number of halogens is 1. The molecule has 0 radical (unpaired) electrons. The summed E-state index contributed by atoms with van der Waals surface area (Å²) in [5.41, 5.74) is 5.14. The van der Waals surface area contributed by atoms with Gasteiger partial charge in [-0.05, 0) is 6.26 Å². The third-order valence-electron chi connectivity index (χ3n) is 1.11. The molecule has 0 aromatic rings. The Balaban J connectivity index is 4.69. The fourth-order valence-corrected chi connectivity index (χ4v) is 0.786. The second-order valence-electron chi connectivity index (χ2n) is 2.01. The SMILES string of the molecule is C=C(NC(C=O)=C(Cl)C(=N)N)SC. The molecule has 0 atom stereocenters. The Labute approximate surface area is 85.7 Å². The lowest BCUT2D eigenvalue weighted by Gasteiger charge is -2.07. The van der Waals surface area contributed by atoms with Crippen LogP contribution in [0.25, 0.3) is 0 Å². The van der Waals surface area contributed by atoms with Crippen molar-refractivity contribution in [3.05, 3.63) is 22.3 Å². The Bertz CT molecular complexity index is 275. The summed E-state index contributed by atoms with van der Waals surface area (Å²) in [4.78, 5) is 10.5. The number of allylic oxidation sites excluding steroid dienone is 1. The lowest BCUT2D eigenvalue weighted by molar-refractivity contribution is -0.105. The summed E-state index contributed by atoms with van der Waals surface area (Å²) in [5.74, 6) is -0.356. The molecule has 0 spiro atoms. The average Bonchev–Trinajstić information content (AvgIpc) is 2.12. The summed E-state index contributed by atoms with van der Waals surface area (Å²) < 4.78 is 0. The summed E-state index contributed by atoms with van der Waals surface area (Å²) in [6, 6.07) is 0. The molecule has 0 aliphatic heterocycles. The number of hydrogen-bond donors (Lipinski definition) is 3. The van der Waals surface area contributed by atoms with E-state index in [1.165, 1.54) is 11.8 Å². The van der Waals surface area contributed by atoms with E-state index in [-0.39, 0.29) is 16.6 Å². The van der Waals surface area contributed by atoms with Crippen LogP contribution in [0.15, 0.2) is 22.3 Å². The number of nitrogens with two attached hydrogens (primary N) is 1. The number of aldehydes is 1. The number of carbonyl (C=O) groups excluding carboxylic acids is 1. The maximum Gasteiger partial charge on any atom is 0.167 e. The van der Waals surface area contributed by atoms with Crippen LogP contribution in [0.3, 0.4) is 0 Å². The van der Waals surface area contributed by atoms with E-state index in [0.717, 1.165) is 0 Å². The molecule has 0 aliphatic rings. The molecule has 0 aliphatic carbocycles. The molecule has 0 aromatic heterocycles. The van der Waals surface area contributed by atoms with E-state index in [1.807, 2.05) is 0 Å². The van der Waals surface area contributed by atoms with Gasteiger partial charge in [-0.15, -0.1) is 11.8 Å². The van der Waals surface area contributed by atoms with Gasteiger partial charge in [-0.1, -0.05) is 18.2 Å². The van der Waals surface area contributed by atoms with Crippen LogP contribution in [-0.4, -0.2) is 18.4 Å². The average molecular weight is 220 g/mol. The first-order valence-electron chi connectivity index (χ1n) is 3.22. The molecule has 0 fully saturated rings. The van der Waals surface area contributed by atoms with Gasteiger partial charge in [0, 0.05) is 0 Å². The van der Waals surface area contributed by atoms with Crippen LogP contribution in [-0.2, 0) is 4.79 Å². The van der Waals surface area contributed by atoms with Crippen molar-refractivity contribution in [3.63, 3.8) is 0 Å². The van der Waals surface area contributed by atoms with Gasteiger partial charge >= 0.3 is 0 Å². The molecule has 0 saturated heterocycles. The van der Waals surface area contributed by atoms with Gasteiger partial charge in [0.2, 0.25) is 0 Å². The van der Waals surface area contributed by atoms with Crippen LogP contribution < -0.4 is 11.1 Å². The fourth-order valence-electron chi connectivity index (χ4n) is 0.482. The minimum atomic E-state index is -0.356. The van der Waals surface area contributed by atoms with E-state index in [1.54, 1.807) is 6.26 Å². The first-order chi connectivity index (χ1) is 6.02. The van der Waals surface area contributed by atoms with Gasteiger partial charge in [0.1, 0.15) is 16.6 Å². The van der Waals surface area contributed by atoms with E-state index in [2.05, 4.69) is 11.9 Å². The van der Waals surface area contributed by atoms with E-state index in [0.29, 0.717) is 11.3 Å². The second kappa shape index (κ2) is 5.66. The van der Waals surface area contributed by atoms with Crippen LogP contribution in [0, 0.1) is 5.41 Å². The number of amidine groups is 1. The maximum absolute atomic E-state index is 10.5. The highest BCUT2D eigenvalue weighted by Gasteiger charge is 2.06. The zero-order chi connectivity index (χ0) is 10.4. The number of nitrogens with one attached hydrogen (secondary N) is 2. The molecule has 6 heteroatoms. The molecule has 0 unspecified atom stereocenters. The zero-order valence-corrected chi connectivity index (χ0v) is 8.63. The molecule has 0 rings (SSSR count). The van der Waals surface area contributed by atoms with Gasteiger partial charge < -0.3 is 11.1 Å². The predicted octanol–water partition coefficient (Wildman–Crippen LogP) is 0.995. The Hall–Kier alpha value is -0.940. The highest BCUT2D eigenvalue weighted by Crippen LogP contribution is 2.10. The lowest BCUT2D eigenvalue weighted by atomic mass is 10.4. The van der Waals surface area contributed by atoms with Gasteiger partial charge in [0.15, 0.2) is 6.29 Å². The minimum Gasteiger partial charge on any atom is -0.383 e. The van der Waals surface area contributed by atoms with Crippen LogP contribution in [0.2, 0.25) is 0 Å². The summed E-state index contributed by atoms with van der Waals surface area (Å²) in [6.45, 7) is 3.59. The van der Waals surface area contributed by atoms with E-state index < -0.39 is 0 Å². The van der Waals surface area contributed by atoms with E-state index in [9.17, 15) is 4.79 Å². The minimum absolute atomic E-state index is 0.0496. The maximum atomic E-state index is 10.5. The number of rotatable bonds is 5. The van der Waals surface area contributed by atoms with Crippen LogP contribution in [0.4, 0.5) is 0 Å². The summed E-state index contributed by atoms with van der Waals surface area (Å²) >= 11 is 6.90. The molecular formula is C7H10ClN3OS. The summed E-state index contributed by atoms with van der Waals surface area (Å²) in [6.07, 6.45) is 2.28. The zero-order valence-electron chi connectivity index (χ0n) is 7.06. The first-order valence-corrected chi connectivity index (χ1v) is 4.82. The monoisotopic (exact) mass is 219 g/mol. The molecule has 0 amide bonds. The Morgan fingerprint density at radius 1 is 1.77 bits per heavy atom. The molecule has 0 aromatic carbocycles. The van der Waals surface area contributed by atoms with E-state index in [4.69, 9.17) is 22.7 Å². The van der Waals surface area contributed by atoms with Gasteiger partial charge in [-0.2, -0.15) is 0 Å². The molecule has 4 N–H and O–H groups in total. The molecule has 0 saturated carbocycles. The van der Waals surface area contributed by atoms with Crippen LogP contribution >= 0.6 is 23.4 Å². The number of carbonyl (C=O) groups is 1. The van der Waals surface area contributed by atoms with Crippen molar-refractivity contribution >= 4 is 35.5 Å². The van der Waals surface area contributed by atoms with Crippen molar-refractivity contribution in [2.24, 2.45) is 5.73 Å². The van der Waals surface area contributed by atoms with Crippen molar-refractivity contribution in [1.82, 2.24) is 5.32 Å². The highest BCUT2D eigenvalue weighted by atomic mass is 35.5. The second-order valence-corrected chi connectivity index (χ2v) is 3.29. The van der Waals surface area contributed by atoms with Gasteiger partial charge in [-0.3, -0.25) is 10.2 Å². The Kier molecular flexibility index (Phi) is 5.25. The van der Waals surface area contributed by atoms with Crippen molar-refractivity contribution in [1.29, 1.82) is 5.41 Å². The Morgan fingerprint density at radius 3 is 2.62 bits per heavy atom. The molecule has 0 bridgehead atoms. The molecule has 72 valence electrons. The van der Waals surface area contributed by atoms with Gasteiger partial charge in [0.25, 0.3) is 0 Å². The molecule has 0 heterocycles. The largest absolute Gasteiger partial charge is 0.383 e. The summed E-state index contributed by atoms with van der Waals surface area (Å²) in [7, 11) is 0. The van der Waals surface area contributed by atoms with Crippen molar-refractivity contribution in [2.45, 2.75) is 0 Å². The predicted molar refractivity (Wildman–Crippen MR) is 56.6 cm³/mol. The number of thioether (sulfide) groups is 1. The molecule has 13 heavy (non-hydrogen) atoms. The summed E-state index contributed by atoms with van der Waals surface area (Å²) in [5, 5.41) is 10.1. The van der Waals surface area contributed by atoms with Gasteiger partial charge in [0.05, 0.1) is 5.03 Å². The standard InChI is InChI=1S/C7H10ClN3OS/c1-4(13-2)11-5(3-12)6(8)7(9)10/h3,11H,1H2,2H3,(H3,9,10). The Morgan fingerprint density at radius 2 is 2.31 bits per heavy atom. The highest BCUT2D eigenvalue weighted by molar-refractivity contribution is 8.02. The molecular weight excluding hydrogens is 210 g/mol. The first kappa shape index (κ1) is 12.1. The smallest absolute Gasteiger partial charge is 0.167 e. The lowest BCUT2D eigenvalue weighted by Crippen LogP contribution is -2.19. The van der Waals surface area contributed by atoms with Gasteiger partial charge in [-0.25, -0.2) is 0 Å². The van der Waals surface area contributed by atoms with Crippen molar-refractivity contribution in [3.8, 4) is 0 Å². The topological polar surface area (TPSA) is 79.0 Å². The normalized spacial score (nSPS) is 11.5. The van der Waals surface area contributed by atoms with Crippen molar-refractivity contribution in [2.75, 3.05) is 6.26 Å². The quantitative estimate of drug-likeness (QED) is 0.279.